The second-order valence-electron chi connectivity index (χ2n) is 4.42. The lowest BCUT2D eigenvalue weighted by molar-refractivity contribution is 0.0691. The fraction of sp³-hybridized carbons (Fsp3) is 0.167. The summed E-state index contributed by atoms with van der Waals surface area (Å²) in [6.07, 6.45) is -0.847. The lowest BCUT2D eigenvalue weighted by Gasteiger charge is -2.22. The van der Waals surface area contributed by atoms with Gasteiger partial charge in [-0.3, -0.25) is 0 Å². The Kier molecular flexibility index (Phi) is 2.48. The maximum atomic E-state index is 12.2. The monoisotopic (exact) mass is 306 g/mol. The Bertz CT molecular complexity index is 597. The number of thiophene rings is 2. The fourth-order valence-electron chi connectivity index (χ4n) is 2.44. The van der Waals surface area contributed by atoms with Gasteiger partial charge in [-0.05, 0) is 22.9 Å². The Hall–Kier alpha value is -2.06. The molecule has 2 aromatic rings. The summed E-state index contributed by atoms with van der Waals surface area (Å²) < 4.78 is 0. The van der Waals surface area contributed by atoms with Gasteiger partial charge in [0.25, 0.3) is 0 Å². The molecule has 2 aliphatic heterocycles. The van der Waals surface area contributed by atoms with Crippen molar-refractivity contribution < 1.29 is 9.59 Å². The molecule has 0 aliphatic carbocycles. The molecule has 2 aliphatic rings. The third-order valence-corrected chi connectivity index (χ3v) is 5.13. The highest BCUT2D eigenvalue weighted by Crippen LogP contribution is 2.38. The van der Waals surface area contributed by atoms with Crippen molar-refractivity contribution in [1.82, 2.24) is 20.7 Å². The third-order valence-electron chi connectivity index (χ3n) is 3.28. The van der Waals surface area contributed by atoms with E-state index < -0.39 is 12.3 Å². The third kappa shape index (κ3) is 1.55. The smallest absolute Gasteiger partial charge is 0.310 e. The number of carbonyl (C=O) groups excluding carboxylic acids is 2. The number of nitrogens with zero attached hydrogens (tertiary/aromatic N) is 2. The van der Waals surface area contributed by atoms with Crippen molar-refractivity contribution in [1.29, 1.82) is 0 Å². The molecule has 2 saturated heterocycles. The Balaban J connectivity index is 1.73. The first-order valence-electron chi connectivity index (χ1n) is 6.02. The van der Waals surface area contributed by atoms with Gasteiger partial charge in [0.15, 0.2) is 12.3 Å². The van der Waals surface area contributed by atoms with Gasteiger partial charge < -0.3 is 10.6 Å². The van der Waals surface area contributed by atoms with Crippen LogP contribution in [0.3, 0.4) is 0 Å². The molecule has 2 aromatic heterocycles. The predicted molar refractivity (Wildman–Crippen MR) is 74.9 cm³/mol. The number of fused-ring (bicyclic) bond motifs is 1. The van der Waals surface area contributed by atoms with Crippen molar-refractivity contribution in [3.63, 3.8) is 0 Å². The standard InChI is InChI=1S/C12H10N4O2S2/c17-11-13-9(7-3-1-5-19-7)15-12(18)14-10(16(11)15)8-4-2-6-20-8/h1-6,9-10H,(H,13,17)(H,14,18). The first-order chi connectivity index (χ1) is 9.75. The van der Waals surface area contributed by atoms with E-state index in [1.165, 1.54) is 32.7 Å². The Labute approximate surface area is 122 Å². The zero-order valence-corrected chi connectivity index (χ0v) is 11.8. The Morgan fingerprint density at radius 2 is 1.30 bits per heavy atom. The molecule has 102 valence electrons. The summed E-state index contributed by atoms with van der Waals surface area (Å²) in [6.45, 7) is 0. The number of rotatable bonds is 2. The molecule has 8 heteroatoms. The van der Waals surface area contributed by atoms with E-state index in [-0.39, 0.29) is 12.1 Å². The van der Waals surface area contributed by atoms with E-state index in [1.54, 1.807) is 0 Å². The summed E-state index contributed by atoms with van der Waals surface area (Å²) in [5, 5.41) is 12.5. The van der Waals surface area contributed by atoms with Crippen molar-refractivity contribution in [2.24, 2.45) is 0 Å². The van der Waals surface area contributed by atoms with Crippen LogP contribution in [0.5, 0.6) is 0 Å². The highest BCUT2D eigenvalue weighted by molar-refractivity contribution is 7.10. The van der Waals surface area contributed by atoms with E-state index in [4.69, 9.17) is 0 Å². The molecule has 4 rings (SSSR count). The van der Waals surface area contributed by atoms with Crippen molar-refractivity contribution in [3.8, 4) is 0 Å². The summed E-state index contributed by atoms with van der Waals surface area (Å²) in [4.78, 5) is 26.3. The number of nitrogens with one attached hydrogen (secondary N) is 2. The number of hydrogen-bond acceptors (Lipinski definition) is 4. The van der Waals surface area contributed by atoms with Gasteiger partial charge in [0.2, 0.25) is 0 Å². The maximum absolute atomic E-state index is 12.2. The molecule has 2 unspecified atom stereocenters. The van der Waals surface area contributed by atoms with Crippen LogP contribution in [0, 0.1) is 0 Å². The van der Waals surface area contributed by atoms with Crippen LogP contribution in [-0.4, -0.2) is 22.1 Å². The predicted octanol–water partition coefficient (Wildman–Crippen LogP) is 2.47. The minimum atomic E-state index is -0.424. The average molecular weight is 306 g/mol. The number of amides is 4. The summed E-state index contributed by atoms with van der Waals surface area (Å²) in [7, 11) is 0. The number of hydrazine groups is 1. The zero-order valence-electron chi connectivity index (χ0n) is 10.1. The van der Waals surface area contributed by atoms with E-state index in [1.807, 2.05) is 35.0 Å². The van der Waals surface area contributed by atoms with Gasteiger partial charge in [-0.1, -0.05) is 12.1 Å². The zero-order chi connectivity index (χ0) is 13.7. The van der Waals surface area contributed by atoms with E-state index in [0.717, 1.165) is 9.75 Å². The Morgan fingerprint density at radius 1 is 0.850 bits per heavy atom. The van der Waals surface area contributed by atoms with Crippen LogP contribution >= 0.6 is 22.7 Å². The normalized spacial score (nSPS) is 24.8. The molecule has 0 spiro atoms. The van der Waals surface area contributed by atoms with Crippen molar-refractivity contribution in [3.05, 3.63) is 44.8 Å². The molecular weight excluding hydrogens is 296 g/mol. The van der Waals surface area contributed by atoms with Crippen molar-refractivity contribution in [2.75, 3.05) is 0 Å². The molecule has 2 fully saturated rings. The second-order valence-corrected chi connectivity index (χ2v) is 6.38. The van der Waals surface area contributed by atoms with Crippen LogP contribution in [0.1, 0.15) is 22.1 Å². The SMILES string of the molecule is O=C1NC(c2cccs2)N2C(=O)NC(c3cccs3)N12. The first kappa shape index (κ1) is 11.7. The molecule has 2 N–H and O–H groups in total. The fourth-order valence-corrected chi connectivity index (χ4v) is 3.96. The molecule has 2 atom stereocenters. The van der Waals surface area contributed by atoms with Crippen molar-refractivity contribution in [2.45, 2.75) is 12.3 Å². The van der Waals surface area contributed by atoms with Crippen LogP contribution in [0.25, 0.3) is 0 Å². The van der Waals surface area contributed by atoms with Crippen molar-refractivity contribution >= 4 is 34.7 Å². The van der Waals surface area contributed by atoms with Crippen LogP contribution in [0.15, 0.2) is 35.0 Å². The lowest BCUT2D eigenvalue weighted by Crippen LogP contribution is -2.35. The number of hydrogen-bond donors (Lipinski definition) is 2. The summed E-state index contributed by atoms with van der Waals surface area (Å²) in [5.74, 6) is 0. The summed E-state index contributed by atoms with van der Waals surface area (Å²) in [6, 6.07) is 7.09. The van der Waals surface area contributed by atoms with Gasteiger partial charge in [0, 0.05) is 9.75 Å². The van der Waals surface area contributed by atoms with E-state index in [9.17, 15) is 9.59 Å². The molecule has 0 saturated carbocycles. The maximum Gasteiger partial charge on any atom is 0.340 e. The largest absolute Gasteiger partial charge is 0.340 e. The number of carbonyl (C=O) groups is 2. The Morgan fingerprint density at radius 3 is 1.65 bits per heavy atom. The van der Waals surface area contributed by atoms with Crippen LogP contribution < -0.4 is 10.6 Å². The first-order valence-corrected chi connectivity index (χ1v) is 7.78. The van der Waals surface area contributed by atoms with E-state index >= 15 is 0 Å². The molecule has 4 heterocycles. The van der Waals surface area contributed by atoms with Gasteiger partial charge >= 0.3 is 12.1 Å². The van der Waals surface area contributed by atoms with Gasteiger partial charge in [-0.2, -0.15) is 0 Å². The van der Waals surface area contributed by atoms with Gasteiger partial charge in [-0.25, -0.2) is 19.6 Å². The molecule has 0 bridgehead atoms. The van der Waals surface area contributed by atoms with Crippen LogP contribution in [0.2, 0.25) is 0 Å². The van der Waals surface area contributed by atoms with Crippen LogP contribution in [0.4, 0.5) is 9.59 Å². The van der Waals surface area contributed by atoms with Gasteiger partial charge in [0.05, 0.1) is 0 Å². The van der Waals surface area contributed by atoms with Gasteiger partial charge in [0.1, 0.15) is 0 Å². The summed E-state index contributed by atoms with van der Waals surface area (Å²) >= 11 is 3.02. The highest BCUT2D eigenvalue weighted by atomic mass is 32.1. The summed E-state index contributed by atoms with van der Waals surface area (Å²) in [5.41, 5.74) is 0. The molecule has 0 radical (unpaired) electrons. The quantitative estimate of drug-likeness (QED) is 0.895. The lowest BCUT2D eigenvalue weighted by atomic mass is 10.4. The molecule has 20 heavy (non-hydrogen) atoms. The molecular formula is C12H10N4O2S2. The van der Waals surface area contributed by atoms with Crippen LogP contribution in [-0.2, 0) is 0 Å². The number of urea groups is 2. The van der Waals surface area contributed by atoms with E-state index in [2.05, 4.69) is 10.6 Å². The average Bonchev–Trinajstić information content (AvgIpc) is 3.17. The molecule has 6 nitrogen and oxygen atoms in total. The molecule has 4 amide bonds. The minimum Gasteiger partial charge on any atom is -0.310 e. The van der Waals surface area contributed by atoms with Gasteiger partial charge in [-0.15, -0.1) is 22.7 Å². The van der Waals surface area contributed by atoms with E-state index in [0.29, 0.717) is 0 Å². The highest BCUT2D eigenvalue weighted by Gasteiger charge is 2.51. The minimum absolute atomic E-state index is 0.264. The molecule has 0 aromatic carbocycles. The topological polar surface area (TPSA) is 64.7 Å². The second kappa shape index (κ2) is 4.22.